The van der Waals surface area contributed by atoms with E-state index in [1.165, 1.54) is 27.7 Å². The number of rotatable bonds is 43. The molecule has 4 amide bonds. The number of phosphoric ester groups is 6. The highest BCUT2D eigenvalue weighted by atomic mass is 32.2. The van der Waals surface area contributed by atoms with Crippen molar-refractivity contribution in [1.29, 1.82) is 0 Å². The van der Waals surface area contributed by atoms with Gasteiger partial charge in [-0.25, -0.2) is 57.3 Å². The highest BCUT2D eigenvalue weighted by molar-refractivity contribution is 8.13. The van der Waals surface area contributed by atoms with E-state index in [0.29, 0.717) is 24.3 Å². The molecule has 52 nitrogen and oxygen atoms in total. The van der Waals surface area contributed by atoms with Crippen molar-refractivity contribution in [3.8, 4) is 0 Å². The smallest absolute Gasteiger partial charge is 0.481 e. The van der Waals surface area contributed by atoms with Gasteiger partial charge in [0, 0.05) is 74.2 Å². The fourth-order valence-corrected chi connectivity index (χ4v) is 15.9. The molecule has 6 heterocycles. The number of aliphatic hydroxyl groups is 4. The van der Waals surface area contributed by atoms with E-state index in [0.717, 1.165) is 58.0 Å². The summed E-state index contributed by atoms with van der Waals surface area (Å²) in [6.45, 7) is 4.48. The Hall–Kier alpha value is -5.94. The normalized spacial score (nSPS) is 21.4. The number of aromatic nitrogens is 8. The van der Waals surface area contributed by atoms with Gasteiger partial charge in [0.05, 0.1) is 51.9 Å². The number of nitrogens with zero attached hydrogens (tertiary/aromatic N) is 8. The van der Waals surface area contributed by atoms with Crippen molar-refractivity contribution in [3.05, 3.63) is 25.3 Å². The van der Waals surface area contributed by atoms with Crippen LogP contribution in [0.25, 0.3) is 22.3 Å². The average Bonchev–Trinajstić information content (AvgIpc) is 1.62. The van der Waals surface area contributed by atoms with Crippen LogP contribution in [0.1, 0.15) is 92.5 Å². The maximum atomic E-state index is 12.6. The lowest BCUT2D eigenvalue weighted by Gasteiger charge is -2.30. The van der Waals surface area contributed by atoms with Crippen molar-refractivity contribution in [2.45, 2.75) is 141 Å². The molecule has 2 aliphatic rings. The molecule has 0 aromatic carbocycles. The number of carbonyl (C=O) groups is 8. The van der Waals surface area contributed by atoms with Gasteiger partial charge in [-0.1, -0.05) is 65.1 Å². The number of aliphatic carboxylic acids is 2. The van der Waals surface area contributed by atoms with Crippen LogP contribution in [0.4, 0.5) is 11.6 Å². The Morgan fingerprint density at radius 3 is 1.16 bits per heavy atom. The third-order valence-corrected chi connectivity index (χ3v) is 22.9. The van der Waals surface area contributed by atoms with Gasteiger partial charge in [-0.05, 0) is 0 Å². The molecule has 634 valence electrons. The quantitative estimate of drug-likeness (QED) is 0.0170. The van der Waals surface area contributed by atoms with E-state index in [1.807, 2.05) is 0 Å². The number of anilines is 2. The maximum absolute atomic E-state index is 12.6. The molecule has 0 radical (unpaired) electrons. The third-order valence-electron chi connectivity index (χ3n) is 14.7. The van der Waals surface area contributed by atoms with Gasteiger partial charge in [0.25, 0.3) is 0 Å². The number of amides is 4. The fourth-order valence-electron chi connectivity index (χ4n) is 9.01. The zero-order valence-corrected chi connectivity index (χ0v) is 66.7. The van der Waals surface area contributed by atoms with Gasteiger partial charge >= 0.3 is 58.9 Å². The number of carbonyl (C=O) groups excluding carboxylic acids is 6. The summed E-state index contributed by atoms with van der Waals surface area (Å²) in [6.07, 6.45) is -13.6. The molecule has 6 unspecified atom stereocenters. The predicted molar refractivity (Wildman–Crippen MR) is 379 cm³/mol. The van der Waals surface area contributed by atoms with Crippen LogP contribution in [0.15, 0.2) is 25.3 Å². The zero-order chi connectivity index (χ0) is 84.7. The van der Waals surface area contributed by atoms with Crippen molar-refractivity contribution in [2.75, 3.05) is 75.6 Å². The minimum atomic E-state index is -5.56. The lowest BCUT2D eigenvalue weighted by Crippen LogP contribution is -2.46. The Morgan fingerprint density at radius 2 is 0.848 bits per heavy atom. The first kappa shape index (κ1) is 98.4. The molecule has 0 spiro atoms. The summed E-state index contributed by atoms with van der Waals surface area (Å²) in [5.74, 6) is -4.29. The molecule has 112 heavy (non-hydrogen) atoms. The summed E-state index contributed by atoms with van der Waals surface area (Å²) in [6, 6.07) is 0. The molecule has 4 aromatic heterocycles. The largest absolute Gasteiger partial charge is 0.481 e. The molecular formula is C52H86N14O38P6S2. The number of carboxylic acids is 2. The second kappa shape index (κ2) is 43.3. The van der Waals surface area contributed by atoms with Crippen molar-refractivity contribution in [2.24, 2.45) is 10.8 Å². The Kier molecular flexibility index (Phi) is 38.1. The summed E-state index contributed by atoms with van der Waals surface area (Å²) in [5, 5.41) is 68.2. The van der Waals surface area contributed by atoms with Crippen LogP contribution in [-0.4, -0.2) is 268 Å². The summed E-state index contributed by atoms with van der Waals surface area (Å²) in [5.41, 5.74) is 8.53. The Morgan fingerprint density at radius 1 is 0.518 bits per heavy atom. The maximum Gasteiger partial charge on any atom is 0.481 e. The highest BCUT2D eigenvalue weighted by Gasteiger charge is 2.53. The highest BCUT2D eigenvalue weighted by Crippen LogP contribution is 2.63. The van der Waals surface area contributed by atoms with Gasteiger partial charge in [-0.2, -0.15) is 8.62 Å². The lowest BCUT2D eigenvalue weighted by molar-refractivity contribution is -0.143. The summed E-state index contributed by atoms with van der Waals surface area (Å²) in [4.78, 5) is 192. The zero-order valence-electron chi connectivity index (χ0n) is 59.7. The first-order valence-electron chi connectivity index (χ1n) is 32.3. The van der Waals surface area contributed by atoms with Crippen molar-refractivity contribution >= 4 is 150 Å². The number of imidazole rings is 2. The number of ether oxygens (including phenoxy) is 2. The molecule has 2 fully saturated rings. The van der Waals surface area contributed by atoms with Crippen LogP contribution >= 0.6 is 70.5 Å². The molecule has 60 heteroatoms. The Balaban J connectivity index is 0.000000429. The van der Waals surface area contributed by atoms with Crippen LogP contribution < -0.4 is 32.7 Å². The van der Waals surface area contributed by atoms with Crippen LogP contribution in [0.5, 0.6) is 0 Å². The number of carboxylic acid groups (broad SMARTS) is 2. The molecule has 4 aromatic rings. The molecule has 2 aliphatic heterocycles. The molecule has 0 bridgehead atoms. The number of hydrogen-bond acceptors (Lipinski definition) is 38. The standard InChI is InChI=1S/2C24H40N7O17P3S.C4H6O4/c2*1-4-15(33)52-8-7-26-14(32)5-6-27-22(36)19(35)24(2,3)10-45-51(42,43)48-50(40,41)44-9-13-18(47-49(37,38)39)17(34)23(46-13)31-12-30-16-20(25)28-11-29-21(16)31;5-3(6)1-2-4(7)8/h2*11-13,17-19,23,34-35H,4-10H2,1-3H3,(H,26,32)(H,27,36)(H,40,41)(H,42,43)(H2,25,28,29)(H2,37,38,39);1-2H2,(H,5,6)(H,7,8)/t2*13-,17-,18-,19?,23-;/m11./s1. The van der Waals surface area contributed by atoms with Gasteiger partial charge in [-0.3, -0.25) is 74.6 Å². The van der Waals surface area contributed by atoms with Gasteiger partial charge in [0.15, 0.2) is 45.6 Å². The Labute approximate surface area is 641 Å². The van der Waals surface area contributed by atoms with Gasteiger partial charge in [0.2, 0.25) is 23.6 Å². The minimum absolute atomic E-state index is 0.0221. The van der Waals surface area contributed by atoms with Crippen LogP contribution in [0.2, 0.25) is 0 Å². The molecule has 0 aliphatic carbocycles. The average molecular weight is 1770 g/mol. The van der Waals surface area contributed by atoms with E-state index >= 15 is 0 Å². The first-order valence-corrected chi connectivity index (χ1v) is 43.3. The van der Waals surface area contributed by atoms with E-state index in [-0.39, 0.29) is 96.1 Å². The van der Waals surface area contributed by atoms with Gasteiger partial charge in [0.1, 0.15) is 72.5 Å². The second-order valence-electron chi connectivity index (χ2n) is 24.6. The van der Waals surface area contributed by atoms with Crippen molar-refractivity contribution < 1.29 is 181 Å². The topological polar surface area (TPSA) is 802 Å². The van der Waals surface area contributed by atoms with E-state index in [9.17, 15) is 125 Å². The van der Waals surface area contributed by atoms with E-state index in [4.69, 9.17) is 49.2 Å². The Bertz CT molecular complexity index is 3950. The SMILES string of the molecule is CCC(=O)SCCNC(=O)CCNC(=O)C(O)C(C)(C)COP(=O)(O)OP(=O)(O)OC[C@H]1O[C@@H](n2cnc3c(N)ncnc32)[C@H](O)[C@@H]1OP(=O)(O)O.CCC(=O)SCCNC(=O)CCNC(=O)C(O)C(C)(C)COP(=O)(O)OP(=O)(O)OC[C@H]1O[C@@H](n2cnc3c(N)ncnc32)[C@H](O)[C@@H]1OP(=O)(O)O.O=C(O)CCC(=O)O. The van der Waals surface area contributed by atoms with Crippen molar-refractivity contribution in [3.63, 3.8) is 0 Å². The van der Waals surface area contributed by atoms with E-state index < -0.39 is 181 Å². The number of aliphatic hydroxyl groups excluding tert-OH is 4. The van der Waals surface area contributed by atoms with Crippen LogP contribution in [-0.2, 0) is 111 Å². The fraction of sp³-hybridized carbons (Fsp3) is 0.654. The second-order valence-corrected chi connectivity index (χ2v) is 35.4. The number of fused-ring (bicyclic) bond motifs is 2. The van der Waals surface area contributed by atoms with Gasteiger partial charge < -0.3 is 112 Å². The minimum Gasteiger partial charge on any atom is -0.481 e. The summed E-state index contributed by atoms with van der Waals surface area (Å²) >= 11 is 2.14. The molecule has 14 atom stereocenters. The predicted octanol–water partition coefficient (Wildman–Crippen LogP) is -1.91. The van der Waals surface area contributed by atoms with Crippen LogP contribution in [0, 0.1) is 10.8 Å². The molecule has 6 rings (SSSR count). The molecule has 22 N–H and O–H groups in total. The van der Waals surface area contributed by atoms with E-state index in [2.05, 4.69) is 68.8 Å². The van der Waals surface area contributed by atoms with E-state index in [1.54, 1.807) is 13.8 Å². The first-order chi connectivity index (χ1) is 51.7. The number of hydrogen-bond donors (Lipinski definition) is 20. The van der Waals surface area contributed by atoms with Crippen molar-refractivity contribution in [1.82, 2.24) is 60.3 Å². The number of nitrogen functional groups attached to an aromatic ring is 2. The number of nitrogens with one attached hydrogen (secondary N) is 4. The summed E-state index contributed by atoms with van der Waals surface area (Å²) < 4.78 is 124. The summed E-state index contributed by atoms with van der Waals surface area (Å²) in [7, 11) is -32.7. The monoisotopic (exact) mass is 1760 g/mol. The number of nitrogens with two attached hydrogens (primary N) is 2. The van der Waals surface area contributed by atoms with Gasteiger partial charge in [-0.15, -0.1) is 0 Å². The molecule has 0 saturated carbocycles. The lowest BCUT2D eigenvalue weighted by atomic mass is 9.87. The number of thioether (sulfide) groups is 2. The third kappa shape index (κ3) is 33.0. The molecule has 2 saturated heterocycles. The number of phosphoric acid groups is 6. The van der Waals surface area contributed by atoms with Crippen LogP contribution in [0.3, 0.4) is 0 Å². The molecular weight excluding hydrogens is 1680 g/mol.